The van der Waals surface area contributed by atoms with Crippen LogP contribution in [0.3, 0.4) is 0 Å². The highest BCUT2D eigenvalue weighted by Gasteiger charge is 2.18. The summed E-state index contributed by atoms with van der Waals surface area (Å²) in [5.41, 5.74) is 2.09. The van der Waals surface area contributed by atoms with Crippen LogP contribution in [-0.2, 0) is 6.42 Å². The van der Waals surface area contributed by atoms with Crippen LogP contribution in [0.25, 0.3) is 11.3 Å². The molecule has 0 fully saturated rings. The fourth-order valence-corrected chi connectivity index (χ4v) is 3.07. The molecule has 2 aromatic carbocycles. The zero-order valence-electron chi connectivity index (χ0n) is 16.5. The summed E-state index contributed by atoms with van der Waals surface area (Å²) < 4.78 is 33.4. The predicted octanol–water partition coefficient (Wildman–Crippen LogP) is 5.34. The summed E-state index contributed by atoms with van der Waals surface area (Å²) in [7, 11) is 0. The average molecular weight is 417 g/mol. The number of Topliss-reactive ketones (excluding diaryl/α,β-unsaturated/α-hetero) is 1. The van der Waals surface area contributed by atoms with Gasteiger partial charge in [-0.05, 0) is 42.8 Å². The van der Waals surface area contributed by atoms with E-state index in [9.17, 15) is 13.6 Å². The number of carbonyl (C=O) groups is 1. The number of hydrogen-bond acceptors (Lipinski definition) is 5. The van der Waals surface area contributed by atoms with Gasteiger partial charge in [-0.25, -0.2) is 13.8 Å². The Hall–Kier alpha value is -4.00. The molecule has 4 aromatic rings. The molecule has 0 atom stereocenters. The Morgan fingerprint density at radius 3 is 2.42 bits per heavy atom. The van der Waals surface area contributed by atoms with Crippen LogP contribution in [0.15, 0.2) is 73.2 Å². The van der Waals surface area contributed by atoms with Crippen molar-refractivity contribution in [2.24, 2.45) is 0 Å². The minimum atomic E-state index is -0.894. The first-order valence-corrected chi connectivity index (χ1v) is 9.49. The molecular weight excluding hydrogens is 400 g/mol. The standard InChI is InChI=1S/C24H17F2N3O2/c1-15-8-9-17(31-23-7-2-3-10-27-23)12-18(15)21-14-28-16(13-29-21)11-22(30)24-19(25)5-4-6-20(24)26/h2-10,12-14H,11H2,1H3. The molecule has 4 rings (SSSR count). The number of aromatic nitrogens is 3. The van der Waals surface area contributed by atoms with Crippen LogP contribution in [-0.4, -0.2) is 20.7 Å². The highest BCUT2D eigenvalue weighted by atomic mass is 19.1. The Balaban J connectivity index is 1.54. The average Bonchev–Trinajstić information content (AvgIpc) is 2.76. The molecule has 2 heterocycles. The second-order valence-corrected chi connectivity index (χ2v) is 6.84. The number of benzene rings is 2. The van der Waals surface area contributed by atoms with Gasteiger partial charge in [0.1, 0.15) is 17.4 Å². The molecule has 0 aliphatic rings. The fourth-order valence-electron chi connectivity index (χ4n) is 3.07. The molecule has 0 unspecified atom stereocenters. The van der Waals surface area contributed by atoms with Crippen molar-refractivity contribution in [2.45, 2.75) is 13.3 Å². The van der Waals surface area contributed by atoms with Crippen molar-refractivity contribution in [1.29, 1.82) is 0 Å². The molecule has 31 heavy (non-hydrogen) atoms. The Morgan fingerprint density at radius 1 is 0.935 bits per heavy atom. The summed E-state index contributed by atoms with van der Waals surface area (Å²) in [6, 6.07) is 14.2. The minimum absolute atomic E-state index is 0.257. The molecule has 0 N–H and O–H groups in total. The van der Waals surface area contributed by atoms with Gasteiger partial charge in [0.05, 0.1) is 29.6 Å². The van der Waals surface area contributed by atoms with E-state index in [4.69, 9.17) is 4.74 Å². The summed E-state index contributed by atoms with van der Waals surface area (Å²) in [5, 5.41) is 0. The van der Waals surface area contributed by atoms with Crippen LogP contribution >= 0.6 is 0 Å². The number of carbonyl (C=O) groups excluding carboxylic acids is 1. The number of ketones is 1. The van der Waals surface area contributed by atoms with Crippen LogP contribution in [0.5, 0.6) is 11.6 Å². The molecule has 0 spiro atoms. The third-order valence-electron chi connectivity index (χ3n) is 4.63. The Morgan fingerprint density at radius 2 is 1.74 bits per heavy atom. The first kappa shape index (κ1) is 20.3. The number of hydrogen-bond donors (Lipinski definition) is 0. The van der Waals surface area contributed by atoms with Crippen molar-refractivity contribution in [3.63, 3.8) is 0 Å². The summed E-state index contributed by atoms with van der Waals surface area (Å²) in [5.74, 6) is -1.42. The Kier molecular flexibility index (Phi) is 5.75. The van der Waals surface area contributed by atoms with Gasteiger partial charge in [0, 0.05) is 24.0 Å². The largest absolute Gasteiger partial charge is 0.439 e. The first-order valence-electron chi connectivity index (χ1n) is 9.49. The smallest absolute Gasteiger partial charge is 0.219 e. The highest BCUT2D eigenvalue weighted by Crippen LogP contribution is 2.28. The van der Waals surface area contributed by atoms with Crippen molar-refractivity contribution in [2.75, 3.05) is 0 Å². The summed E-state index contributed by atoms with van der Waals surface area (Å²) in [6.45, 7) is 1.93. The van der Waals surface area contributed by atoms with Crippen molar-refractivity contribution in [1.82, 2.24) is 15.0 Å². The molecule has 0 bridgehead atoms. The van der Waals surface area contributed by atoms with Gasteiger partial charge in [-0.3, -0.25) is 14.8 Å². The molecule has 154 valence electrons. The lowest BCUT2D eigenvalue weighted by molar-refractivity contribution is 0.0983. The van der Waals surface area contributed by atoms with Crippen molar-refractivity contribution >= 4 is 5.78 Å². The Labute approximate surface area is 177 Å². The number of ether oxygens (including phenoxy) is 1. The lowest BCUT2D eigenvalue weighted by atomic mass is 10.0. The van der Waals surface area contributed by atoms with Crippen molar-refractivity contribution < 1.29 is 18.3 Å². The van der Waals surface area contributed by atoms with Crippen LogP contribution in [0, 0.1) is 18.6 Å². The van der Waals surface area contributed by atoms with Gasteiger partial charge in [0.15, 0.2) is 5.78 Å². The third-order valence-corrected chi connectivity index (χ3v) is 4.63. The number of aryl methyl sites for hydroxylation is 1. The van der Waals surface area contributed by atoms with Gasteiger partial charge >= 0.3 is 0 Å². The molecule has 0 aliphatic carbocycles. The van der Waals surface area contributed by atoms with E-state index in [2.05, 4.69) is 15.0 Å². The van der Waals surface area contributed by atoms with Gasteiger partial charge in [0.2, 0.25) is 5.88 Å². The topological polar surface area (TPSA) is 65.0 Å². The molecule has 0 saturated heterocycles. The van der Waals surface area contributed by atoms with E-state index in [1.54, 1.807) is 18.3 Å². The summed E-state index contributed by atoms with van der Waals surface area (Å²) >= 11 is 0. The van der Waals surface area contributed by atoms with Gasteiger partial charge in [0.25, 0.3) is 0 Å². The van der Waals surface area contributed by atoms with Gasteiger partial charge in [-0.1, -0.05) is 18.2 Å². The van der Waals surface area contributed by atoms with E-state index < -0.39 is 23.0 Å². The van der Waals surface area contributed by atoms with Gasteiger partial charge in [-0.15, -0.1) is 0 Å². The molecular formula is C24H17F2N3O2. The van der Waals surface area contributed by atoms with Crippen LogP contribution in [0.4, 0.5) is 8.78 Å². The molecule has 7 heteroatoms. The second kappa shape index (κ2) is 8.79. The molecule has 2 aromatic heterocycles. The summed E-state index contributed by atoms with van der Waals surface area (Å²) in [6.07, 6.45) is 4.33. The predicted molar refractivity (Wildman–Crippen MR) is 111 cm³/mol. The maximum atomic E-state index is 13.8. The lowest BCUT2D eigenvalue weighted by Gasteiger charge is -2.10. The number of halogens is 2. The van der Waals surface area contributed by atoms with E-state index in [0.29, 0.717) is 23.0 Å². The third kappa shape index (κ3) is 4.61. The van der Waals surface area contributed by atoms with E-state index in [-0.39, 0.29) is 6.42 Å². The van der Waals surface area contributed by atoms with E-state index in [1.807, 2.05) is 31.2 Å². The number of nitrogens with zero attached hydrogens (tertiary/aromatic N) is 3. The SMILES string of the molecule is Cc1ccc(Oc2ccccn2)cc1-c1cnc(CC(=O)c2c(F)cccc2F)cn1. The zero-order chi connectivity index (χ0) is 21.8. The maximum absolute atomic E-state index is 13.8. The van der Waals surface area contributed by atoms with E-state index in [0.717, 1.165) is 23.3 Å². The first-order chi connectivity index (χ1) is 15.0. The van der Waals surface area contributed by atoms with Crippen LogP contribution in [0.2, 0.25) is 0 Å². The molecule has 0 aliphatic heterocycles. The normalized spacial score (nSPS) is 10.7. The molecule has 0 radical (unpaired) electrons. The summed E-state index contributed by atoms with van der Waals surface area (Å²) in [4.78, 5) is 25.1. The van der Waals surface area contributed by atoms with Crippen LogP contribution < -0.4 is 4.74 Å². The maximum Gasteiger partial charge on any atom is 0.219 e. The van der Waals surface area contributed by atoms with Gasteiger partial charge < -0.3 is 4.74 Å². The van der Waals surface area contributed by atoms with Gasteiger partial charge in [-0.2, -0.15) is 0 Å². The second-order valence-electron chi connectivity index (χ2n) is 6.84. The lowest BCUT2D eigenvalue weighted by Crippen LogP contribution is -2.10. The highest BCUT2D eigenvalue weighted by molar-refractivity contribution is 5.97. The zero-order valence-corrected chi connectivity index (χ0v) is 16.5. The molecule has 0 amide bonds. The number of pyridine rings is 1. The number of rotatable bonds is 6. The minimum Gasteiger partial charge on any atom is -0.439 e. The van der Waals surface area contributed by atoms with Crippen molar-refractivity contribution in [3.05, 3.63) is 102 Å². The monoisotopic (exact) mass is 417 g/mol. The Bertz CT molecular complexity index is 1210. The molecule has 0 saturated carbocycles. The van der Waals surface area contributed by atoms with E-state index >= 15 is 0 Å². The van der Waals surface area contributed by atoms with Crippen LogP contribution in [0.1, 0.15) is 21.6 Å². The van der Waals surface area contributed by atoms with E-state index in [1.165, 1.54) is 18.5 Å². The molecule has 5 nitrogen and oxygen atoms in total. The quantitative estimate of drug-likeness (QED) is 0.396. The fraction of sp³-hybridized carbons (Fsp3) is 0.0833. The van der Waals surface area contributed by atoms with Crippen molar-refractivity contribution in [3.8, 4) is 22.9 Å².